The first-order chi connectivity index (χ1) is 9.11. The van der Waals surface area contributed by atoms with Crippen molar-refractivity contribution in [3.05, 3.63) is 51.8 Å². The van der Waals surface area contributed by atoms with Crippen LogP contribution in [0.1, 0.15) is 11.3 Å². The third-order valence-electron chi connectivity index (χ3n) is 2.71. The van der Waals surface area contributed by atoms with Crippen LogP contribution < -0.4 is 5.32 Å². The van der Waals surface area contributed by atoms with E-state index in [1.807, 2.05) is 13.1 Å². The second-order valence-electron chi connectivity index (χ2n) is 3.90. The number of benzene rings is 1. The van der Waals surface area contributed by atoms with Crippen LogP contribution in [0.4, 0.5) is 11.4 Å². The summed E-state index contributed by atoms with van der Waals surface area (Å²) in [5, 5.41) is 26.7. The van der Waals surface area contributed by atoms with Crippen LogP contribution in [0.3, 0.4) is 0 Å². The maximum Gasteiger partial charge on any atom is 0.289 e. The van der Waals surface area contributed by atoms with Crippen molar-refractivity contribution >= 4 is 11.4 Å². The van der Waals surface area contributed by atoms with Gasteiger partial charge in [-0.2, -0.15) is 10.4 Å². The highest BCUT2D eigenvalue weighted by Gasteiger charge is 2.14. The van der Waals surface area contributed by atoms with Gasteiger partial charge in [0, 0.05) is 25.0 Å². The molecule has 0 atom stereocenters. The van der Waals surface area contributed by atoms with E-state index in [1.54, 1.807) is 23.0 Å². The lowest BCUT2D eigenvalue weighted by atomic mass is 10.2. The highest BCUT2D eigenvalue weighted by molar-refractivity contribution is 5.59. The molecule has 19 heavy (non-hydrogen) atoms. The number of hydrogen-bond acceptors (Lipinski definition) is 5. The van der Waals surface area contributed by atoms with Crippen molar-refractivity contribution in [2.45, 2.75) is 6.54 Å². The van der Waals surface area contributed by atoms with Crippen molar-refractivity contribution in [2.24, 2.45) is 7.05 Å². The van der Waals surface area contributed by atoms with E-state index in [9.17, 15) is 10.1 Å². The van der Waals surface area contributed by atoms with Crippen LogP contribution in [-0.2, 0) is 13.6 Å². The van der Waals surface area contributed by atoms with E-state index in [4.69, 9.17) is 5.26 Å². The number of nitriles is 1. The maximum atomic E-state index is 10.8. The van der Waals surface area contributed by atoms with Gasteiger partial charge in [0.2, 0.25) is 0 Å². The number of aryl methyl sites for hydroxylation is 1. The lowest BCUT2D eigenvalue weighted by Gasteiger charge is -2.07. The molecular weight excluding hydrogens is 246 g/mol. The van der Waals surface area contributed by atoms with Gasteiger partial charge in [0.1, 0.15) is 11.6 Å². The summed E-state index contributed by atoms with van der Waals surface area (Å²) >= 11 is 0. The molecule has 7 heteroatoms. The normalized spacial score (nSPS) is 9.89. The Morgan fingerprint density at radius 1 is 1.53 bits per heavy atom. The molecule has 2 rings (SSSR count). The summed E-state index contributed by atoms with van der Waals surface area (Å²) in [7, 11) is 1.82. The van der Waals surface area contributed by atoms with Gasteiger partial charge in [-0.25, -0.2) is 0 Å². The topological polar surface area (TPSA) is 96.8 Å². The first kappa shape index (κ1) is 12.6. The number of anilines is 1. The molecule has 1 heterocycles. The first-order valence-corrected chi connectivity index (χ1v) is 5.51. The number of nitrogens with one attached hydrogen (secondary N) is 1. The van der Waals surface area contributed by atoms with Crippen molar-refractivity contribution in [2.75, 3.05) is 5.32 Å². The SMILES string of the molecule is Cn1nccc1CNc1ccc(C#N)c([N+](=O)[O-])c1. The standard InChI is InChI=1S/C12H11N5O2/c1-16-11(4-5-15-16)8-14-10-3-2-9(7-13)12(6-10)17(18)19/h2-6,14H,8H2,1H3. The van der Waals surface area contributed by atoms with Gasteiger partial charge in [-0.3, -0.25) is 14.8 Å². The fourth-order valence-corrected chi connectivity index (χ4v) is 1.65. The maximum absolute atomic E-state index is 10.8. The number of aromatic nitrogens is 2. The molecule has 0 amide bonds. The molecule has 7 nitrogen and oxygen atoms in total. The Hall–Kier alpha value is -2.88. The minimum absolute atomic E-state index is 0.0519. The van der Waals surface area contributed by atoms with Crippen LogP contribution in [0.2, 0.25) is 0 Å². The minimum atomic E-state index is -0.562. The molecule has 2 aromatic rings. The molecule has 0 saturated heterocycles. The molecule has 0 radical (unpaired) electrons. The van der Waals surface area contributed by atoms with Gasteiger partial charge in [0.15, 0.2) is 0 Å². The van der Waals surface area contributed by atoms with E-state index in [2.05, 4.69) is 10.4 Å². The Morgan fingerprint density at radius 2 is 2.32 bits per heavy atom. The molecule has 0 saturated carbocycles. The number of nitrogens with zero attached hydrogens (tertiary/aromatic N) is 4. The van der Waals surface area contributed by atoms with E-state index >= 15 is 0 Å². The fraction of sp³-hybridized carbons (Fsp3) is 0.167. The van der Waals surface area contributed by atoms with Crippen LogP contribution in [0, 0.1) is 21.4 Å². The second kappa shape index (κ2) is 5.18. The highest BCUT2D eigenvalue weighted by atomic mass is 16.6. The Balaban J connectivity index is 2.18. The van der Waals surface area contributed by atoms with Crippen LogP contribution >= 0.6 is 0 Å². The second-order valence-corrected chi connectivity index (χ2v) is 3.90. The summed E-state index contributed by atoms with van der Waals surface area (Å²) in [4.78, 5) is 10.3. The van der Waals surface area contributed by atoms with Crippen molar-refractivity contribution in [1.82, 2.24) is 9.78 Å². The van der Waals surface area contributed by atoms with Gasteiger partial charge in [-0.05, 0) is 18.2 Å². The van der Waals surface area contributed by atoms with Gasteiger partial charge in [0.05, 0.1) is 17.2 Å². The van der Waals surface area contributed by atoms with Gasteiger partial charge in [-0.15, -0.1) is 0 Å². The van der Waals surface area contributed by atoms with Gasteiger partial charge < -0.3 is 5.32 Å². The molecule has 0 aliphatic rings. The summed E-state index contributed by atoms with van der Waals surface area (Å²) in [6.07, 6.45) is 1.68. The number of hydrogen-bond donors (Lipinski definition) is 1. The van der Waals surface area contributed by atoms with Gasteiger partial charge >= 0.3 is 0 Å². The fourth-order valence-electron chi connectivity index (χ4n) is 1.65. The molecule has 0 aliphatic heterocycles. The number of rotatable bonds is 4. The number of nitro groups is 1. The summed E-state index contributed by atoms with van der Waals surface area (Å²) in [6.45, 7) is 0.500. The largest absolute Gasteiger partial charge is 0.379 e. The lowest BCUT2D eigenvalue weighted by molar-refractivity contribution is -0.385. The van der Waals surface area contributed by atoms with Crippen LogP contribution in [-0.4, -0.2) is 14.7 Å². The molecular formula is C12H11N5O2. The van der Waals surface area contributed by atoms with Gasteiger partial charge in [0.25, 0.3) is 5.69 Å². The summed E-state index contributed by atoms with van der Waals surface area (Å²) in [6, 6.07) is 8.08. The van der Waals surface area contributed by atoms with Crippen LogP contribution in [0.25, 0.3) is 0 Å². The Bertz CT molecular complexity index is 656. The highest BCUT2D eigenvalue weighted by Crippen LogP contribution is 2.22. The Labute approximate surface area is 109 Å². The molecule has 1 aromatic carbocycles. The molecule has 0 bridgehead atoms. The van der Waals surface area contributed by atoms with Gasteiger partial charge in [-0.1, -0.05) is 0 Å². The molecule has 1 N–H and O–H groups in total. The summed E-state index contributed by atoms with van der Waals surface area (Å²) < 4.78 is 1.71. The Kier molecular flexibility index (Phi) is 3.43. The molecule has 1 aromatic heterocycles. The van der Waals surface area contributed by atoms with E-state index in [0.29, 0.717) is 12.2 Å². The molecule has 96 valence electrons. The van der Waals surface area contributed by atoms with E-state index in [1.165, 1.54) is 12.1 Å². The molecule has 0 aliphatic carbocycles. The van der Waals surface area contributed by atoms with E-state index < -0.39 is 4.92 Å². The number of nitro benzene ring substituents is 1. The van der Waals surface area contributed by atoms with Crippen molar-refractivity contribution in [3.8, 4) is 6.07 Å². The zero-order valence-corrected chi connectivity index (χ0v) is 10.2. The summed E-state index contributed by atoms with van der Waals surface area (Å²) in [5.74, 6) is 0. The van der Waals surface area contributed by atoms with Crippen LogP contribution in [0.15, 0.2) is 30.5 Å². The molecule has 0 unspecified atom stereocenters. The average Bonchev–Trinajstić information content (AvgIpc) is 2.81. The van der Waals surface area contributed by atoms with E-state index in [0.717, 1.165) is 5.69 Å². The predicted molar refractivity (Wildman–Crippen MR) is 68.3 cm³/mol. The van der Waals surface area contributed by atoms with E-state index in [-0.39, 0.29) is 11.3 Å². The summed E-state index contributed by atoms with van der Waals surface area (Å²) in [5.41, 5.74) is 1.40. The zero-order valence-electron chi connectivity index (χ0n) is 10.2. The van der Waals surface area contributed by atoms with Crippen LogP contribution in [0.5, 0.6) is 0 Å². The third kappa shape index (κ3) is 2.69. The van der Waals surface area contributed by atoms with Crippen molar-refractivity contribution in [3.63, 3.8) is 0 Å². The molecule has 0 fully saturated rings. The first-order valence-electron chi connectivity index (χ1n) is 5.51. The average molecular weight is 257 g/mol. The molecule has 0 spiro atoms. The smallest absolute Gasteiger partial charge is 0.289 e. The third-order valence-corrected chi connectivity index (χ3v) is 2.71. The Morgan fingerprint density at radius 3 is 2.89 bits per heavy atom. The van der Waals surface area contributed by atoms with Crippen molar-refractivity contribution < 1.29 is 4.92 Å². The minimum Gasteiger partial charge on any atom is -0.379 e. The zero-order chi connectivity index (χ0) is 13.8. The quantitative estimate of drug-likeness (QED) is 0.665. The lowest BCUT2D eigenvalue weighted by Crippen LogP contribution is -2.05. The predicted octanol–water partition coefficient (Wildman–Crippen LogP) is 1.81. The van der Waals surface area contributed by atoms with Crippen molar-refractivity contribution in [1.29, 1.82) is 5.26 Å². The monoisotopic (exact) mass is 257 g/mol.